The molecule has 2 N–H and O–H groups in total. The van der Waals surface area contributed by atoms with Gasteiger partial charge >= 0.3 is 0 Å². The number of anilines is 1. The predicted molar refractivity (Wildman–Crippen MR) is 136 cm³/mol. The first-order chi connectivity index (χ1) is 16.8. The number of hydrogen-bond donors (Lipinski definition) is 2. The minimum Gasteiger partial charge on any atom is -0.508 e. The normalized spacial score (nSPS) is 15.7. The SMILES string of the molecule is Cc1ccc(N2C(=O)C(O)=C(C(=O)c3sc(-c4ccccc4)nc3C)C2c2ccc(O)cc2)cc1. The van der Waals surface area contributed by atoms with Gasteiger partial charge in [0.2, 0.25) is 5.78 Å². The molecule has 0 aliphatic carbocycles. The standard InChI is InChI=1S/C28H22N2O4S/c1-16-8-12-20(13-9-16)30-23(18-10-14-21(31)15-11-18)22(25(33)28(30)34)24(32)26-17(2)29-27(35-26)19-6-4-3-5-7-19/h3-15,23,31,33H,1-2H3. The number of aliphatic hydroxyl groups is 1. The topological polar surface area (TPSA) is 90.7 Å². The molecular formula is C28H22N2O4S. The van der Waals surface area contributed by atoms with Crippen LogP contribution < -0.4 is 4.90 Å². The molecule has 0 saturated carbocycles. The van der Waals surface area contributed by atoms with E-state index in [-0.39, 0.29) is 11.3 Å². The maximum absolute atomic E-state index is 13.9. The van der Waals surface area contributed by atoms with Gasteiger partial charge in [-0.05, 0) is 43.7 Å². The van der Waals surface area contributed by atoms with Crippen molar-refractivity contribution in [2.24, 2.45) is 0 Å². The van der Waals surface area contributed by atoms with Gasteiger partial charge in [0.15, 0.2) is 5.76 Å². The summed E-state index contributed by atoms with van der Waals surface area (Å²) >= 11 is 1.23. The van der Waals surface area contributed by atoms with Crippen LogP contribution in [0, 0.1) is 13.8 Å². The Morgan fingerprint density at radius 2 is 1.57 bits per heavy atom. The molecule has 174 valence electrons. The van der Waals surface area contributed by atoms with Crippen LogP contribution in [0.1, 0.15) is 32.5 Å². The maximum Gasteiger partial charge on any atom is 0.294 e. The Hall–Kier alpha value is -4.23. The number of nitrogens with zero attached hydrogens (tertiary/aromatic N) is 2. The van der Waals surface area contributed by atoms with Crippen molar-refractivity contribution in [2.75, 3.05) is 4.90 Å². The number of aromatic hydroxyl groups is 1. The fourth-order valence-electron chi connectivity index (χ4n) is 4.21. The van der Waals surface area contributed by atoms with Crippen LogP contribution in [0.25, 0.3) is 10.6 Å². The zero-order chi connectivity index (χ0) is 24.7. The molecule has 0 bridgehead atoms. The molecule has 0 radical (unpaired) electrons. The quantitative estimate of drug-likeness (QED) is 0.345. The molecule has 2 heterocycles. The fraction of sp³-hybridized carbons (Fsp3) is 0.107. The molecule has 5 rings (SSSR count). The lowest BCUT2D eigenvalue weighted by Gasteiger charge is -2.27. The first kappa shape index (κ1) is 22.6. The number of amides is 1. The van der Waals surface area contributed by atoms with E-state index in [1.807, 2.05) is 49.4 Å². The van der Waals surface area contributed by atoms with Gasteiger partial charge in [-0.2, -0.15) is 0 Å². The van der Waals surface area contributed by atoms with Crippen LogP contribution in [0.2, 0.25) is 0 Å². The number of ketones is 1. The molecular weight excluding hydrogens is 460 g/mol. The maximum atomic E-state index is 13.9. The summed E-state index contributed by atoms with van der Waals surface area (Å²) in [6, 6.07) is 22.3. The van der Waals surface area contributed by atoms with E-state index in [0.29, 0.717) is 26.8 Å². The minimum absolute atomic E-state index is 0.00683. The molecule has 35 heavy (non-hydrogen) atoms. The number of phenolic OH excluding ortho intramolecular Hbond substituents is 1. The second kappa shape index (κ2) is 8.85. The molecule has 7 heteroatoms. The molecule has 0 saturated heterocycles. The van der Waals surface area contributed by atoms with Gasteiger partial charge in [-0.1, -0.05) is 60.2 Å². The Morgan fingerprint density at radius 3 is 2.23 bits per heavy atom. The minimum atomic E-state index is -0.861. The molecule has 6 nitrogen and oxygen atoms in total. The summed E-state index contributed by atoms with van der Waals surface area (Å²) in [5, 5.41) is 21.5. The summed E-state index contributed by atoms with van der Waals surface area (Å²) in [7, 11) is 0. The zero-order valence-electron chi connectivity index (χ0n) is 19.1. The number of hydrogen-bond acceptors (Lipinski definition) is 6. The molecule has 1 aromatic heterocycles. The number of aryl methyl sites for hydroxylation is 2. The summed E-state index contributed by atoms with van der Waals surface area (Å²) in [4.78, 5) is 33.5. The first-order valence-corrected chi connectivity index (χ1v) is 11.9. The molecule has 1 aliphatic rings. The van der Waals surface area contributed by atoms with Crippen molar-refractivity contribution in [3.63, 3.8) is 0 Å². The number of benzene rings is 3. The van der Waals surface area contributed by atoms with Gasteiger partial charge in [0.05, 0.1) is 22.2 Å². The van der Waals surface area contributed by atoms with Crippen molar-refractivity contribution < 1.29 is 19.8 Å². The second-order valence-corrected chi connectivity index (χ2v) is 9.39. The fourth-order valence-corrected chi connectivity index (χ4v) is 5.24. The summed E-state index contributed by atoms with van der Waals surface area (Å²) in [5.41, 5.74) is 3.58. The molecule has 4 aromatic rings. The van der Waals surface area contributed by atoms with Crippen LogP contribution in [0.4, 0.5) is 5.69 Å². The zero-order valence-corrected chi connectivity index (χ0v) is 19.9. The van der Waals surface area contributed by atoms with Gasteiger partial charge in [0, 0.05) is 11.3 Å². The molecule has 0 spiro atoms. The average molecular weight is 483 g/mol. The number of thiazole rings is 1. The predicted octanol–water partition coefficient (Wildman–Crippen LogP) is 5.92. The van der Waals surface area contributed by atoms with Gasteiger partial charge in [-0.15, -0.1) is 11.3 Å². The number of aliphatic hydroxyl groups excluding tert-OH is 1. The third kappa shape index (κ3) is 4.00. The van der Waals surface area contributed by atoms with E-state index in [9.17, 15) is 19.8 Å². The molecule has 1 atom stereocenters. The van der Waals surface area contributed by atoms with Crippen LogP contribution in [0.15, 0.2) is 90.2 Å². The Morgan fingerprint density at radius 1 is 0.914 bits per heavy atom. The second-order valence-electron chi connectivity index (χ2n) is 8.40. The lowest BCUT2D eigenvalue weighted by Crippen LogP contribution is -2.31. The molecule has 3 aromatic carbocycles. The largest absolute Gasteiger partial charge is 0.508 e. The van der Waals surface area contributed by atoms with Gasteiger partial charge in [0.1, 0.15) is 10.8 Å². The van der Waals surface area contributed by atoms with E-state index >= 15 is 0 Å². The van der Waals surface area contributed by atoms with Crippen molar-refractivity contribution in [2.45, 2.75) is 19.9 Å². The van der Waals surface area contributed by atoms with Crippen LogP contribution in [-0.4, -0.2) is 26.9 Å². The van der Waals surface area contributed by atoms with E-state index < -0.39 is 23.5 Å². The van der Waals surface area contributed by atoms with Crippen molar-refractivity contribution >= 4 is 28.7 Å². The lowest BCUT2D eigenvalue weighted by molar-refractivity contribution is -0.117. The summed E-state index contributed by atoms with van der Waals surface area (Å²) < 4.78 is 0. The smallest absolute Gasteiger partial charge is 0.294 e. The highest BCUT2D eigenvalue weighted by Gasteiger charge is 2.45. The van der Waals surface area contributed by atoms with E-state index in [0.717, 1.165) is 11.1 Å². The van der Waals surface area contributed by atoms with Gasteiger partial charge in [-0.25, -0.2) is 4.98 Å². The monoisotopic (exact) mass is 482 g/mol. The number of Topliss-reactive ketones (excluding diaryl/α,β-unsaturated/α-hetero) is 1. The van der Waals surface area contributed by atoms with Crippen molar-refractivity contribution in [3.05, 3.63) is 112 Å². The highest BCUT2D eigenvalue weighted by atomic mass is 32.1. The van der Waals surface area contributed by atoms with Gasteiger partial charge < -0.3 is 10.2 Å². The summed E-state index contributed by atoms with van der Waals surface area (Å²) in [6.07, 6.45) is 0. The highest BCUT2D eigenvalue weighted by Crippen LogP contribution is 2.43. The van der Waals surface area contributed by atoms with Crippen molar-refractivity contribution in [1.82, 2.24) is 4.98 Å². The Balaban J connectivity index is 1.63. The van der Waals surface area contributed by atoms with E-state index in [1.165, 1.54) is 28.4 Å². The van der Waals surface area contributed by atoms with E-state index in [2.05, 4.69) is 4.98 Å². The molecule has 1 amide bonds. The average Bonchev–Trinajstić information content (AvgIpc) is 3.38. The number of carbonyl (C=O) groups excluding carboxylic acids is 2. The molecule has 1 unspecified atom stereocenters. The van der Waals surface area contributed by atoms with E-state index in [1.54, 1.807) is 31.2 Å². The van der Waals surface area contributed by atoms with Crippen LogP contribution >= 0.6 is 11.3 Å². The number of aromatic nitrogens is 1. The Kier molecular flexibility index (Phi) is 5.70. The van der Waals surface area contributed by atoms with Crippen molar-refractivity contribution in [1.29, 1.82) is 0 Å². The number of carbonyl (C=O) groups is 2. The lowest BCUT2D eigenvalue weighted by atomic mass is 9.94. The molecule has 1 aliphatic heterocycles. The summed E-state index contributed by atoms with van der Waals surface area (Å²) in [5.74, 6) is -1.61. The van der Waals surface area contributed by atoms with Crippen LogP contribution in [0.5, 0.6) is 5.75 Å². The Labute approximate surface area is 206 Å². The Bertz CT molecular complexity index is 1460. The molecule has 0 fully saturated rings. The third-order valence-electron chi connectivity index (χ3n) is 6.00. The van der Waals surface area contributed by atoms with Crippen molar-refractivity contribution in [3.8, 4) is 16.3 Å². The van der Waals surface area contributed by atoms with Crippen LogP contribution in [-0.2, 0) is 4.79 Å². The highest BCUT2D eigenvalue weighted by molar-refractivity contribution is 7.17. The van der Waals surface area contributed by atoms with Gasteiger partial charge in [-0.3, -0.25) is 14.5 Å². The number of rotatable bonds is 5. The van der Waals surface area contributed by atoms with Gasteiger partial charge in [0.25, 0.3) is 5.91 Å². The third-order valence-corrected chi connectivity index (χ3v) is 7.20. The first-order valence-electron chi connectivity index (χ1n) is 11.0. The number of phenols is 1. The summed E-state index contributed by atoms with van der Waals surface area (Å²) in [6.45, 7) is 3.69. The van der Waals surface area contributed by atoms with E-state index in [4.69, 9.17) is 0 Å². The van der Waals surface area contributed by atoms with Crippen LogP contribution in [0.3, 0.4) is 0 Å².